The zero-order valence-corrected chi connectivity index (χ0v) is 17.6. The van der Waals surface area contributed by atoms with Crippen LogP contribution in [0.15, 0.2) is 12.5 Å². The number of hydrogen-bond acceptors (Lipinski definition) is 7. The minimum absolute atomic E-state index is 0.141. The fourth-order valence-corrected chi connectivity index (χ4v) is 3.68. The van der Waals surface area contributed by atoms with Crippen molar-refractivity contribution in [2.45, 2.75) is 43.8 Å². The number of aliphatic carboxylic acids is 1. The minimum Gasteiger partial charge on any atom is -0.480 e. The first-order chi connectivity index (χ1) is 14.3. The molecule has 0 spiro atoms. The highest BCUT2D eigenvalue weighted by Crippen LogP contribution is 2.17. The topological polar surface area (TPSA) is 171 Å². The summed E-state index contributed by atoms with van der Waals surface area (Å²) >= 11 is 1.57. The van der Waals surface area contributed by atoms with Crippen LogP contribution in [-0.2, 0) is 25.6 Å². The van der Waals surface area contributed by atoms with Gasteiger partial charge in [-0.3, -0.25) is 14.4 Å². The highest BCUT2D eigenvalue weighted by Gasteiger charge is 2.34. The van der Waals surface area contributed by atoms with Crippen molar-refractivity contribution in [3.63, 3.8) is 0 Å². The van der Waals surface area contributed by atoms with Gasteiger partial charge in [0, 0.05) is 24.9 Å². The summed E-state index contributed by atoms with van der Waals surface area (Å²) in [6.45, 7) is -0.0131. The first kappa shape index (κ1) is 23.7. The van der Waals surface area contributed by atoms with Gasteiger partial charge in [-0.2, -0.15) is 11.8 Å². The molecule has 1 fully saturated rings. The summed E-state index contributed by atoms with van der Waals surface area (Å²) in [5.74, 6) is -1.84. The maximum absolute atomic E-state index is 12.7. The maximum Gasteiger partial charge on any atom is 0.326 e. The van der Waals surface area contributed by atoms with E-state index in [0.29, 0.717) is 37.3 Å². The summed E-state index contributed by atoms with van der Waals surface area (Å²) in [5, 5.41) is 14.3. The van der Waals surface area contributed by atoms with E-state index in [2.05, 4.69) is 20.6 Å². The molecule has 11 nitrogen and oxygen atoms in total. The summed E-state index contributed by atoms with van der Waals surface area (Å²) in [6.07, 6.45) is 6.50. The number of aromatic nitrogens is 2. The maximum atomic E-state index is 12.7. The van der Waals surface area contributed by atoms with Crippen molar-refractivity contribution in [3.05, 3.63) is 18.2 Å². The van der Waals surface area contributed by atoms with E-state index in [0.717, 1.165) is 0 Å². The Morgan fingerprint density at radius 2 is 2.17 bits per heavy atom. The Kier molecular flexibility index (Phi) is 9.12. The van der Waals surface area contributed by atoms with Gasteiger partial charge in [-0.25, -0.2) is 9.78 Å². The van der Waals surface area contributed by atoms with E-state index in [1.807, 2.05) is 6.26 Å². The number of amides is 3. The molecule has 0 bridgehead atoms. The Morgan fingerprint density at radius 1 is 1.40 bits per heavy atom. The van der Waals surface area contributed by atoms with Crippen LogP contribution in [0, 0.1) is 0 Å². The zero-order chi connectivity index (χ0) is 22.1. The van der Waals surface area contributed by atoms with Crippen LogP contribution in [0.5, 0.6) is 0 Å². The third-order valence-corrected chi connectivity index (χ3v) is 5.50. The van der Waals surface area contributed by atoms with Crippen molar-refractivity contribution in [1.82, 2.24) is 25.5 Å². The van der Waals surface area contributed by atoms with Crippen molar-refractivity contribution in [1.29, 1.82) is 0 Å². The summed E-state index contributed by atoms with van der Waals surface area (Å²) in [4.78, 5) is 56.7. The molecule has 30 heavy (non-hydrogen) atoms. The van der Waals surface area contributed by atoms with Gasteiger partial charge >= 0.3 is 5.97 Å². The number of imidazole rings is 1. The van der Waals surface area contributed by atoms with Gasteiger partial charge in [0.15, 0.2) is 0 Å². The molecule has 3 atom stereocenters. The third kappa shape index (κ3) is 6.73. The van der Waals surface area contributed by atoms with Gasteiger partial charge in [-0.1, -0.05) is 0 Å². The average Bonchev–Trinajstić information content (AvgIpc) is 3.41. The molecule has 1 saturated heterocycles. The summed E-state index contributed by atoms with van der Waals surface area (Å²) in [7, 11) is 0. The van der Waals surface area contributed by atoms with E-state index in [4.69, 9.17) is 5.73 Å². The van der Waals surface area contributed by atoms with E-state index in [-0.39, 0.29) is 13.0 Å². The van der Waals surface area contributed by atoms with Gasteiger partial charge in [0.25, 0.3) is 0 Å². The number of hydrogen-bond donors (Lipinski definition) is 5. The van der Waals surface area contributed by atoms with Gasteiger partial charge in [-0.05, 0) is 31.3 Å². The highest BCUT2D eigenvalue weighted by molar-refractivity contribution is 7.98. The second-order valence-corrected chi connectivity index (χ2v) is 8.02. The lowest BCUT2D eigenvalue weighted by Crippen LogP contribution is -2.54. The molecule has 0 saturated carbocycles. The number of carboxylic acids is 1. The lowest BCUT2D eigenvalue weighted by Gasteiger charge is -2.23. The number of nitrogens with zero attached hydrogens (tertiary/aromatic N) is 2. The first-order valence-electron chi connectivity index (χ1n) is 9.65. The van der Waals surface area contributed by atoms with Gasteiger partial charge in [-0.15, -0.1) is 0 Å². The standard InChI is InChI=1S/C18H28N6O5S/c1-30-6-4-12(19)16(26)23-13(7-11-8-20-10-22-11)17(27)21-9-15(25)24-5-2-3-14(24)18(28)29/h8,10,12-14H,2-7,9,19H2,1H3,(H,20,22)(H,21,27)(H,23,26)(H,28,29). The van der Waals surface area contributed by atoms with Crippen LogP contribution >= 0.6 is 11.8 Å². The third-order valence-electron chi connectivity index (χ3n) is 4.85. The normalized spacial score (nSPS) is 17.9. The molecule has 6 N–H and O–H groups in total. The molecule has 1 aromatic heterocycles. The van der Waals surface area contributed by atoms with Gasteiger partial charge < -0.3 is 31.4 Å². The van der Waals surface area contributed by atoms with Crippen molar-refractivity contribution in [3.8, 4) is 0 Å². The number of carboxylic acid groups (broad SMARTS) is 1. The van der Waals surface area contributed by atoms with Gasteiger partial charge in [0.05, 0.1) is 18.9 Å². The lowest BCUT2D eigenvalue weighted by molar-refractivity contribution is -0.148. The van der Waals surface area contributed by atoms with E-state index in [1.165, 1.54) is 17.4 Å². The van der Waals surface area contributed by atoms with Crippen LogP contribution in [-0.4, -0.2) is 86.9 Å². The fraction of sp³-hybridized carbons (Fsp3) is 0.611. The van der Waals surface area contributed by atoms with Gasteiger partial charge in [0.1, 0.15) is 12.1 Å². The monoisotopic (exact) mass is 440 g/mol. The van der Waals surface area contributed by atoms with E-state index in [1.54, 1.807) is 11.8 Å². The van der Waals surface area contributed by atoms with E-state index < -0.39 is 41.8 Å². The molecule has 3 amide bonds. The number of carbonyl (C=O) groups excluding carboxylic acids is 3. The molecule has 0 radical (unpaired) electrons. The van der Waals surface area contributed by atoms with Crippen molar-refractivity contribution >= 4 is 35.5 Å². The molecule has 2 heterocycles. The number of carbonyl (C=O) groups is 4. The van der Waals surface area contributed by atoms with Crippen molar-refractivity contribution in [2.75, 3.05) is 25.1 Å². The Hall–Kier alpha value is -2.60. The minimum atomic E-state index is -1.06. The average molecular weight is 441 g/mol. The van der Waals surface area contributed by atoms with Gasteiger partial charge in [0.2, 0.25) is 17.7 Å². The first-order valence-corrected chi connectivity index (χ1v) is 11.0. The molecule has 166 valence electrons. The molecular weight excluding hydrogens is 412 g/mol. The summed E-state index contributed by atoms with van der Waals surface area (Å²) in [5.41, 5.74) is 6.51. The molecule has 1 aromatic rings. The predicted octanol–water partition coefficient (Wildman–Crippen LogP) is -1.29. The molecular formula is C18H28N6O5S. The molecule has 2 rings (SSSR count). The van der Waals surface area contributed by atoms with Crippen LogP contribution < -0.4 is 16.4 Å². The SMILES string of the molecule is CSCCC(N)C(=O)NC(Cc1cnc[nH]1)C(=O)NCC(=O)N1CCCC1C(=O)O. The Bertz CT molecular complexity index is 743. The Labute approximate surface area is 178 Å². The summed E-state index contributed by atoms with van der Waals surface area (Å²) < 4.78 is 0. The molecule has 3 unspecified atom stereocenters. The van der Waals surface area contributed by atoms with E-state index in [9.17, 15) is 24.3 Å². The quantitative estimate of drug-likeness (QED) is 0.283. The lowest BCUT2D eigenvalue weighted by atomic mass is 10.1. The van der Waals surface area contributed by atoms with Crippen LogP contribution in [0.4, 0.5) is 0 Å². The molecule has 1 aliphatic heterocycles. The second kappa shape index (κ2) is 11.6. The van der Waals surface area contributed by atoms with Crippen molar-refractivity contribution in [2.24, 2.45) is 5.73 Å². The Morgan fingerprint density at radius 3 is 2.80 bits per heavy atom. The van der Waals surface area contributed by atoms with Crippen LogP contribution in [0.3, 0.4) is 0 Å². The smallest absolute Gasteiger partial charge is 0.326 e. The predicted molar refractivity (Wildman–Crippen MR) is 111 cm³/mol. The van der Waals surface area contributed by atoms with Crippen LogP contribution in [0.25, 0.3) is 0 Å². The molecule has 0 aliphatic carbocycles. The number of aromatic amines is 1. The zero-order valence-electron chi connectivity index (χ0n) is 16.8. The Balaban J connectivity index is 1.97. The second-order valence-electron chi connectivity index (χ2n) is 7.03. The molecule has 0 aromatic carbocycles. The number of nitrogens with one attached hydrogen (secondary N) is 3. The molecule has 1 aliphatic rings. The van der Waals surface area contributed by atoms with Crippen LogP contribution in [0.2, 0.25) is 0 Å². The number of nitrogens with two attached hydrogens (primary N) is 1. The fourth-order valence-electron chi connectivity index (χ4n) is 3.19. The van der Waals surface area contributed by atoms with Crippen molar-refractivity contribution < 1.29 is 24.3 Å². The van der Waals surface area contributed by atoms with E-state index >= 15 is 0 Å². The number of likely N-dealkylation sites (tertiary alicyclic amines) is 1. The summed E-state index contributed by atoms with van der Waals surface area (Å²) in [6, 6.07) is -2.58. The highest BCUT2D eigenvalue weighted by atomic mass is 32.2. The number of rotatable bonds is 11. The largest absolute Gasteiger partial charge is 0.480 e. The number of thioether (sulfide) groups is 1. The number of H-pyrrole nitrogens is 1. The molecule has 12 heteroatoms. The van der Waals surface area contributed by atoms with Crippen LogP contribution in [0.1, 0.15) is 25.0 Å².